The molecule has 9 heteroatoms. The third-order valence-corrected chi connectivity index (χ3v) is 6.04. The number of rotatable bonds is 9. The van der Waals surface area contributed by atoms with Crippen LogP contribution in [-0.2, 0) is 16.1 Å². The molecule has 1 N–H and O–H groups in total. The number of aromatic nitrogens is 3. The van der Waals surface area contributed by atoms with Gasteiger partial charge in [0.15, 0.2) is 5.78 Å². The van der Waals surface area contributed by atoms with Gasteiger partial charge in [0.05, 0.1) is 12.1 Å². The lowest BCUT2D eigenvalue weighted by molar-refractivity contribution is -0.128. The van der Waals surface area contributed by atoms with Crippen molar-refractivity contribution in [3.05, 3.63) is 83.9 Å². The van der Waals surface area contributed by atoms with E-state index < -0.39 is 11.6 Å². The Hall–Kier alpha value is -4.53. The summed E-state index contributed by atoms with van der Waals surface area (Å²) in [7, 11) is 0. The average Bonchev–Trinajstić information content (AvgIpc) is 3.29. The summed E-state index contributed by atoms with van der Waals surface area (Å²) in [6.45, 7) is 9.39. The molecule has 3 aromatic carbocycles. The van der Waals surface area contributed by atoms with Crippen LogP contribution in [0.1, 0.15) is 56.6 Å². The molecule has 0 saturated carbocycles. The van der Waals surface area contributed by atoms with Crippen LogP contribution in [0.2, 0.25) is 0 Å². The summed E-state index contributed by atoms with van der Waals surface area (Å²) < 4.78 is 7.11. The smallest absolute Gasteiger partial charge is 0.249 e. The number of carbonyl (C=O) groups excluding carboxylic acids is 3. The average molecular weight is 528 g/mol. The highest BCUT2D eigenvalue weighted by Gasteiger charge is 2.35. The predicted molar refractivity (Wildman–Crippen MR) is 150 cm³/mol. The molecule has 39 heavy (non-hydrogen) atoms. The summed E-state index contributed by atoms with van der Waals surface area (Å²) in [5.41, 5.74) is 2.40. The van der Waals surface area contributed by atoms with Crippen LogP contribution in [0.4, 0.5) is 5.69 Å². The molecule has 0 aliphatic rings. The molecule has 202 valence electrons. The maximum Gasteiger partial charge on any atom is 0.249 e. The van der Waals surface area contributed by atoms with E-state index in [1.54, 1.807) is 48.5 Å². The molecule has 0 radical (unpaired) electrons. The van der Waals surface area contributed by atoms with Gasteiger partial charge in [0, 0.05) is 16.8 Å². The van der Waals surface area contributed by atoms with Crippen LogP contribution in [0.15, 0.2) is 72.8 Å². The maximum absolute atomic E-state index is 14.1. The molecule has 4 aromatic rings. The van der Waals surface area contributed by atoms with Gasteiger partial charge in [0.1, 0.15) is 23.9 Å². The SMILES string of the molecule is CCOc1ccc([C@H](C(=O)NC(C)(C)C)N(C(=O)Cn2nnc3ccccc32)c2ccc(C(C)=O)cc2)cc1. The van der Waals surface area contributed by atoms with Crippen LogP contribution in [0.3, 0.4) is 0 Å². The molecule has 0 spiro atoms. The Labute approximate surface area is 227 Å². The Bertz CT molecular complexity index is 1470. The fraction of sp³-hybridized carbons (Fsp3) is 0.300. The largest absolute Gasteiger partial charge is 0.494 e. The molecule has 9 nitrogen and oxygen atoms in total. The molecule has 0 saturated heterocycles. The van der Waals surface area contributed by atoms with Crippen LogP contribution in [0.5, 0.6) is 5.75 Å². The fourth-order valence-electron chi connectivity index (χ4n) is 4.30. The molecule has 0 unspecified atom stereocenters. The number of ether oxygens (including phenoxy) is 1. The zero-order valence-electron chi connectivity index (χ0n) is 22.8. The van der Waals surface area contributed by atoms with Crippen molar-refractivity contribution in [2.24, 2.45) is 0 Å². The number of anilines is 1. The van der Waals surface area contributed by atoms with E-state index in [1.807, 2.05) is 52.0 Å². The Balaban J connectivity index is 1.82. The molecule has 1 atom stereocenters. The van der Waals surface area contributed by atoms with Gasteiger partial charge in [-0.1, -0.05) is 29.5 Å². The Kier molecular flexibility index (Phi) is 8.09. The molecule has 1 heterocycles. The highest BCUT2D eigenvalue weighted by Crippen LogP contribution is 2.31. The zero-order chi connectivity index (χ0) is 28.2. The van der Waals surface area contributed by atoms with E-state index in [0.717, 1.165) is 0 Å². The second-order valence-corrected chi connectivity index (χ2v) is 10.2. The molecular weight excluding hydrogens is 494 g/mol. The maximum atomic E-state index is 14.1. The fourth-order valence-corrected chi connectivity index (χ4v) is 4.30. The Morgan fingerprint density at radius 2 is 1.64 bits per heavy atom. The first-order chi connectivity index (χ1) is 18.6. The van der Waals surface area contributed by atoms with Gasteiger partial charge in [-0.3, -0.25) is 19.3 Å². The van der Waals surface area contributed by atoms with Crippen molar-refractivity contribution in [2.45, 2.75) is 52.7 Å². The third kappa shape index (κ3) is 6.49. The Morgan fingerprint density at radius 3 is 2.26 bits per heavy atom. The van der Waals surface area contributed by atoms with Gasteiger partial charge in [-0.2, -0.15) is 0 Å². The summed E-state index contributed by atoms with van der Waals surface area (Å²) in [5.74, 6) is -0.153. The topological polar surface area (TPSA) is 106 Å². The second kappa shape index (κ2) is 11.5. The zero-order valence-corrected chi connectivity index (χ0v) is 22.8. The summed E-state index contributed by atoms with van der Waals surface area (Å²) in [5, 5.41) is 11.4. The molecule has 1 aromatic heterocycles. The molecule has 2 amide bonds. The lowest BCUT2D eigenvalue weighted by atomic mass is 10.00. The number of nitrogens with one attached hydrogen (secondary N) is 1. The number of carbonyl (C=O) groups is 3. The van der Waals surface area contributed by atoms with Crippen molar-refractivity contribution in [3.8, 4) is 5.75 Å². The van der Waals surface area contributed by atoms with Gasteiger partial charge >= 0.3 is 0 Å². The van der Waals surface area contributed by atoms with Crippen molar-refractivity contribution in [2.75, 3.05) is 11.5 Å². The molecule has 0 aliphatic carbocycles. The number of benzene rings is 3. The summed E-state index contributed by atoms with van der Waals surface area (Å²) >= 11 is 0. The van der Waals surface area contributed by atoms with Gasteiger partial charge in [0.2, 0.25) is 11.8 Å². The molecular formula is C30H33N5O4. The van der Waals surface area contributed by atoms with Crippen LogP contribution in [-0.4, -0.2) is 44.7 Å². The molecule has 0 bridgehead atoms. The van der Waals surface area contributed by atoms with E-state index in [0.29, 0.717) is 40.2 Å². The number of hydrogen-bond donors (Lipinski definition) is 1. The van der Waals surface area contributed by atoms with Gasteiger partial charge in [-0.05, 0) is 88.7 Å². The number of nitrogens with zero attached hydrogens (tertiary/aromatic N) is 4. The monoisotopic (exact) mass is 527 g/mol. The first-order valence-electron chi connectivity index (χ1n) is 12.8. The number of Topliss-reactive ketones (excluding diaryl/α,β-unsaturated/α-hetero) is 1. The van der Waals surface area contributed by atoms with E-state index in [1.165, 1.54) is 16.5 Å². The van der Waals surface area contributed by atoms with Crippen molar-refractivity contribution >= 4 is 34.3 Å². The van der Waals surface area contributed by atoms with E-state index in [9.17, 15) is 14.4 Å². The van der Waals surface area contributed by atoms with Crippen LogP contribution < -0.4 is 15.0 Å². The second-order valence-electron chi connectivity index (χ2n) is 10.2. The van der Waals surface area contributed by atoms with Crippen LogP contribution in [0, 0.1) is 0 Å². The minimum atomic E-state index is -1.01. The minimum Gasteiger partial charge on any atom is -0.494 e. The number of ketones is 1. The van der Waals surface area contributed by atoms with E-state index in [4.69, 9.17) is 4.74 Å². The minimum absolute atomic E-state index is 0.0953. The quantitative estimate of drug-likeness (QED) is 0.316. The molecule has 0 fully saturated rings. The summed E-state index contributed by atoms with van der Waals surface area (Å²) in [6.07, 6.45) is 0. The first kappa shape index (κ1) is 27.5. The van der Waals surface area contributed by atoms with Gasteiger partial charge in [-0.15, -0.1) is 5.10 Å². The lowest BCUT2D eigenvalue weighted by Crippen LogP contribution is -2.50. The van der Waals surface area contributed by atoms with Gasteiger partial charge in [0.25, 0.3) is 0 Å². The highest BCUT2D eigenvalue weighted by molar-refractivity contribution is 6.02. The van der Waals surface area contributed by atoms with Gasteiger partial charge < -0.3 is 10.1 Å². The molecule has 4 rings (SSSR count). The van der Waals surface area contributed by atoms with Crippen molar-refractivity contribution in [3.63, 3.8) is 0 Å². The number of fused-ring (bicyclic) bond motifs is 1. The number of para-hydroxylation sites is 1. The van der Waals surface area contributed by atoms with E-state index in [2.05, 4.69) is 15.6 Å². The first-order valence-corrected chi connectivity index (χ1v) is 12.8. The van der Waals surface area contributed by atoms with Crippen molar-refractivity contribution in [1.82, 2.24) is 20.3 Å². The predicted octanol–water partition coefficient (Wildman–Crippen LogP) is 4.72. The lowest BCUT2D eigenvalue weighted by Gasteiger charge is -2.34. The van der Waals surface area contributed by atoms with Crippen molar-refractivity contribution in [1.29, 1.82) is 0 Å². The standard InChI is InChI=1S/C30H33N5O4/c1-6-39-24-17-13-22(14-18-24)28(29(38)31-30(3,4)5)35(23-15-11-21(12-16-23)20(2)36)27(37)19-34-26-10-8-7-9-25(26)32-33-34/h7-18,28H,6,19H2,1-5H3,(H,31,38)/t28-/m1/s1. The van der Waals surface area contributed by atoms with Crippen molar-refractivity contribution < 1.29 is 19.1 Å². The van der Waals surface area contributed by atoms with Crippen LogP contribution in [0.25, 0.3) is 11.0 Å². The summed E-state index contributed by atoms with van der Waals surface area (Å²) in [4.78, 5) is 41.3. The summed E-state index contributed by atoms with van der Waals surface area (Å²) in [6, 6.07) is 20.1. The third-order valence-electron chi connectivity index (χ3n) is 6.04. The van der Waals surface area contributed by atoms with Crippen LogP contribution >= 0.6 is 0 Å². The Morgan fingerprint density at radius 1 is 0.974 bits per heavy atom. The van der Waals surface area contributed by atoms with E-state index in [-0.39, 0.29) is 24.1 Å². The molecule has 0 aliphatic heterocycles. The highest BCUT2D eigenvalue weighted by atomic mass is 16.5. The normalized spacial score (nSPS) is 12.1. The van der Waals surface area contributed by atoms with Gasteiger partial charge in [-0.25, -0.2) is 4.68 Å². The van der Waals surface area contributed by atoms with E-state index >= 15 is 0 Å². The number of hydrogen-bond acceptors (Lipinski definition) is 6. The number of amides is 2.